The molecule has 2 aromatic carbocycles. The molecule has 0 aliphatic heterocycles. The zero-order valence-corrected chi connectivity index (χ0v) is 16.0. The molecule has 0 spiro atoms. The first-order valence-electron chi connectivity index (χ1n) is 9.43. The lowest BCUT2D eigenvalue weighted by Crippen LogP contribution is -1.98. The minimum absolute atomic E-state index is 0.402. The van der Waals surface area contributed by atoms with Crippen LogP contribution < -0.4 is 4.74 Å². The molecule has 0 saturated carbocycles. The number of ether oxygens (including phenoxy) is 1. The van der Waals surface area contributed by atoms with E-state index in [4.69, 9.17) is 9.26 Å². The van der Waals surface area contributed by atoms with Crippen molar-refractivity contribution in [1.82, 2.24) is 20.3 Å². The molecule has 0 fully saturated rings. The van der Waals surface area contributed by atoms with E-state index in [2.05, 4.69) is 27.3 Å². The Morgan fingerprint density at radius 2 is 1.96 bits per heavy atom. The number of unbranched alkanes of at least 4 members (excludes halogenated alkanes) is 1. The Kier molecular flexibility index (Phi) is 5.19. The summed E-state index contributed by atoms with van der Waals surface area (Å²) >= 11 is 0. The molecule has 2 aromatic heterocycles. The van der Waals surface area contributed by atoms with Crippen molar-refractivity contribution >= 4 is 0 Å². The second-order valence-corrected chi connectivity index (χ2v) is 6.66. The number of hydrogen-bond acceptors (Lipinski definition) is 5. The molecule has 0 radical (unpaired) electrons. The van der Waals surface area contributed by atoms with Gasteiger partial charge in [0.15, 0.2) is 0 Å². The van der Waals surface area contributed by atoms with Crippen LogP contribution in [0, 0.1) is 6.92 Å². The number of aromatic nitrogens is 4. The average Bonchev–Trinajstić information content (AvgIpc) is 3.38. The number of hydrogen-bond donors (Lipinski definition) is 1. The zero-order chi connectivity index (χ0) is 19.3. The Hall–Kier alpha value is -3.41. The summed E-state index contributed by atoms with van der Waals surface area (Å²) in [5, 5.41) is 11.5. The van der Waals surface area contributed by atoms with Crippen LogP contribution in [0.25, 0.3) is 34.2 Å². The van der Waals surface area contributed by atoms with Crippen LogP contribution in [0.4, 0.5) is 0 Å². The molecule has 4 rings (SSSR count). The van der Waals surface area contributed by atoms with E-state index in [1.165, 1.54) is 0 Å². The van der Waals surface area contributed by atoms with Gasteiger partial charge in [-0.1, -0.05) is 54.4 Å². The van der Waals surface area contributed by atoms with Crippen molar-refractivity contribution in [1.29, 1.82) is 0 Å². The number of aryl methyl sites for hydroxylation is 1. The van der Waals surface area contributed by atoms with Crippen LogP contribution in [0.3, 0.4) is 0 Å². The van der Waals surface area contributed by atoms with E-state index in [1.54, 1.807) is 0 Å². The van der Waals surface area contributed by atoms with Crippen LogP contribution in [0.2, 0.25) is 0 Å². The topological polar surface area (TPSA) is 76.8 Å². The predicted molar refractivity (Wildman–Crippen MR) is 108 cm³/mol. The summed E-state index contributed by atoms with van der Waals surface area (Å²) in [7, 11) is 0. The molecule has 2 heterocycles. The molecule has 4 aromatic rings. The Labute approximate surface area is 163 Å². The molecule has 0 atom stereocenters. The Morgan fingerprint density at radius 3 is 2.82 bits per heavy atom. The van der Waals surface area contributed by atoms with E-state index >= 15 is 0 Å². The van der Waals surface area contributed by atoms with Crippen molar-refractivity contribution in [2.45, 2.75) is 26.7 Å². The number of benzene rings is 2. The highest BCUT2D eigenvalue weighted by atomic mass is 16.5. The lowest BCUT2D eigenvalue weighted by atomic mass is 10.1. The average molecular weight is 374 g/mol. The van der Waals surface area contributed by atoms with Gasteiger partial charge >= 0.3 is 0 Å². The van der Waals surface area contributed by atoms with E-state index in [9.17, 15) is 0 Å². The summed E-state index contributed by atoms with van der Waals surface area (Å²) in [4.78, 5) is 4.50. The lowest BCUT2D eigenvalue weighted by Gasteiger charge is -2.09. The quantitative estimate of drug-likeness (QED) is 0.445. The van der Waals surface area contributed by atoms with Gasteiger partial charge in [0, 0.05) is 11.1 Å². The third kappa shape index (κ3) is 3.81. The molecule has 0 amide bonds. The maximum absolute atomic E-state index is 5.91. The standard InChI is InChI=1S/C22H22N4O2/c1-3-4-12-27-20-11-6-5-10-17(20)18-14-19(25-24-18)22-23-21(26-28-22)16-9-7-8-15(2)13-16/h5-11,13-14H,3-4,12H2,1-2H3,(H,24,25). The van der Waals surface area contributed by atoms with Gasteiger partial charge < -0.3 is 9.26 Å². The lowest BCUT2D eigenvalue weighted by molar-refractivity contribution is 0.310. The third-order valence-corrected chi connectivity index (χ3v) is 4.43. The molecule has 1 N–H and O–H groups in total. The molecule has 0 aliphatic carbocycles. The first-order chi connectivity index (χ1) is 13.7. The van der Waals surface area contributed by atoms with Crippen LogP contribution in [0.5, 0.6) is 5.75 Å². The maximum Gasteiger partial charge on any atom is 0.276 e. The SMILES string of the molecule is CCCCOc1ccccc1-c1cc(-c2nc(-c3cccc(C)c3)no2)[nH]n1. The number of nitrogens with one attached hydrogen (secondary N) is 1. The molecular weight excluding hydrogens is 352 g/mol. The van der Waals surface area contributed by atoms with Crippen molar-refractivity contribution in [2.24, 2.45) is 0 Å². The normalized spacial score (nSPS) is 10.9. The largest absolute Gasteiger partial charge is 0.493 e. The fourth-order valence-corrected chi connectivity index (χ4v) is 2.93. The smallest absolute Gasteiger partial charge is 0.276 e. The van der Waals surface area contributed by atoms with Crippen LogP contribution in [-0.2, 0) is 0 Å². The third-order valence-electron chi connectivity index (χ3n) is 4.43. The van der Waals surface area contributed by atoms with Crippen LogP contribution in [-0.4, -0.2) is 26.9 Å². The Bertz CT molecular complexity index is 1070. The van der Waals surface area contributed by atoms with E-state index < -0.39 is 0 Å². The fourth-order valence-electron chi connectivity index (χ4n) is 2.93. The number of aromatic amines is 1. The summed E-state index contributed by atoms with van der Waals surface area (Å²) in [6.07, 6.45) is 2.11. The number of rotatable bonds is 7. The second-order valence-electron chi connectivity index (χ2n) is 6.66. The van der Waals surface area contributed by atoms with Gasteiger partial charge in [0.05, 0.1) is 12.3 Å². The highest BCUT2D eigenvalue weighted by Crippen LogP contribution is 2.31. The molecule has 142 valence electrons. The van der Waals surface area contributed by atoms with E-state index in [1.807, 2.05) is 61.5 Å². The van der Waals surface area contributed by atoms with Gasteiger partial charge in [0.25, 0.3) is 5.89 Å². The Balaban J connectivity index is 1.59. The van der Waals surface area contributed by atoms with Gasteiger partial charge in [0.1, 0.15) is 11.4 Å². The van der Waals surface area contributed by atoms with Crippen molar-refractivity contribution < 1.29 is 9.26 Å². The Morgan fingerprint density at radius 1 is 1.07 bits per heavy atom. The van der Waals surface area contributed by atoms with Gasteiger partial charge in [-0.3, -0.25) is 5.10 Å². The van der Waals surface area contributed by atoms with Crippen molar-refractivity contribution in [3.05, 3.63) is 60.2 Å². The summed E-state index contributed by atoms with van der Waals surface area (Å²) in [6.45, 7) is 4.87. The monoisotopic (exact) mass is 374 g/mol. The highest BCUT2D eigenvalue weighted by Gasteiger charge is 2.15. The second kappa shape index (κ2) is 8.08. The van der Waals surface area contributed by atoms with Gasteiger partial charge in [-0.2, -0.15) is 10.1 Å². The van der Waals surface area contributed by atoms with E-state index in [0.717, 1.165) is 41.0 Å². The highest BCUT2D eigenvalue weighted by molar-refractivity contribution is 5.70. The predicted octanol–water partition coefficient (Wildman–Crippen LogP) is 5.28. The summed E-state index contributed by atoms with van der Waals surface area (Å²) in [5.74, 6) is 1.78. The maximum atomic E-state index is 5.91. The zero-order valence-electron chi connectivity index (χ0n) is 16.0. The molecule has 0 saturated heterocycles. The van der Waals surface area contributed by atoms with Crippen LogP contribution in [0.15, 0.2) is 59.1 Å². The first kappa shape index (κ1) is 18.0. The van der Waals surface area contributed by atoms with Crippen molar-refractivity contribution in [2.75, 3.05) is 6.61 Å². The molecule has 0 unspecified atom stereocenters. The van der Waals surface area contributed by atoms with Crippen molar-refractivity contribution in [3.8, 4) is 40.0 Å². The summed E-state index contributed by atoms with van der Waals surface area (Å²) < 4.78 is 11.4. The van der Waals surface area contributed by atoms with Gasteiger partial charge in [-0.15, -0.1) is 0 Å². The van der Waals surface area contributed by atoms with Gasteiger partial charge in [-0.05, 0) is 37.6 Å². The summed E-state index contributed by atoms with van der Waals surface area (Å²) in [6, 6.07) is 17.8. The van der Waals surface area contributed by atoms with Gasteiger partial charge in [0.2, 0.25) is 5.82 Å². The van der Waals surface area contributed by atoms with Gasteiger partial charge in [-0.25, -0.2) is 0 Å². The minimum Gasteiger partial charge on any atom is -0.493 e. The molecule has 0 bridgehead atoms. The molecule has 6 nitrogen and oxygen atoms in total. The molecule has 0 aliphatic rings. The number of nitrogens with zero attached hydrogens (tertiary/aromatic N) is 3. The van der Waals surface area contributed by atoms with E-state index in [0.29, 0.717) is 24.0 Å². The minimum atomic E-state index is 0.402. The van der Waals surface area contributed by atoms with E-state index in [-0.39, 0.29) is 0 Å². The molecule has 28 heavy (non-hydrogen) atoms. The van der Waals surface area contributed by atoms with Crippen molar-refractivity contribution in [3.63, 3.8) is 0 Å². The van der Waals surface area contributed by atoms with Crippen LogP contribution >= 0.6 is 0 Å². The fraction of sp³-hybridized carbons (Fsp3) is 0.227. The first-order valence-corrected chi connectivity index (χ1v) is 9.43. The van der Waals surface area contributed by atoms with Crippen LogP contribution in [0.1, 0.15) is 25.3 Å². The molecule has 6 heteroatoms. The summed E-state index contributed by atoms with van der Waals surface area (Å²) in [5.41, 5.74) is 4.44. The number of para-hydroxylation sites is 1. The number of H-pyrrole nitrogens is 1. The molecular formula is C22H22N4O2.